The zero-order valence-electron chi connectivity index (χ0n) is 9.67. The first-order valence-corrected chi connectivity index (χ1v) is 5.58. The lowest BCUT2D eigenvalue weighted by Crippen LogP contribution is -2.25. The van der Waals surface area contributed by atoms with E-state index in [1.54, 1.807) is 7.11 Å². The summed E-state index contributed by atoms with van der Waals surface area (Å²) in [7, 11) is 1.62. The Hall–Kier alpha value is -1.30. The molecule has 1 aromatic rings. The first-order valence-electron chi connectivity index (χ1n) is 5.58. The molecule has 5 nitrogen and oxygen atoms in total. The van der Waals surface area contributed by atoms with Crippen LogP contribution in [0, 0.1) is 0 Å². The number of ether oxygens (including phenoxy) is 2. The van der Waals surface area contributed by atoms with Crippen LogP contribution in [0.3, 0.4) is 0 Å². The van der Waals surface area contributed by atoms with Gasteiger partial charge >= 0.3 is 0 Å². The first kappa shape index (κ1) is 12.2. The third kappa shape index (κ3) is 2.88. The maximum atomic E-state index is 9.57. The van der Waals surface area contributed by atoms with Crippen molar-refractivity contribution >= 4 is 5.69 Å². The summed E-state index contributed by atoms with van der Waals surface area (Å²) in [6, 6.07) is 7.44. The minimum atomic E-state index is -0.615. The van der Waals surface area contributed by atoms with E-state index in [0.717, 1.165) is 11.4 Å². The van der Waals surface area contributed by atoms with E-state index in [-0.39, 0.29) is 12.8 Å². The summed E-state index contributed by atoms with van der Waals surface area (Å²) in [6.45, 7) is -0.165. The highest BCUT2D eigenvalue weighted by atomic mass is 16.5. The monoisotopic (exact) mass is 239 g/mol. The molecule has 0 aromatic heterocycles. The third-order valence-electron chi connectivity index (χ3n) is 2.82. The lowest BCUT2D eigenvalue weighted by molar-refractivity contribution is -0.0149. The highest BCUT2D eigenvalue weighted by Gasteiger charge is 2.33. The molecule has 1 aromatic carbocycles. The van der Waals surface area contributed by atoms with Crippen LogP contribution in [0.15, 0.2) is 24.3 Å². The molecule has 1 fully saturated rings. The molecule has 1 aliphatic rings. The Bertz CT molecular complexity index is 354. The van der Waals surface area contributed by atoms with Crippen LogP contribution in [0.4, 0.5) is 5.69 Å². The molecule has 0 spiro atoms. The maximum absolute atomic E-state index is 9.57. The molecule has 1 aliphatic heterocycles. The van der Waals surface area contributed by atoms with Gasteiger partial charge in [0.1, 0.15) is 18.1 Å². The Balaban J connectivity index is 1.93. The predicted molar refractivity (Wildman–Crippen MR) is 63.0 cm³/mol. The zero-order valence-corrected chi connectivity index (χ0v) is 9.67. The van der Waals surface area contributed by atoms with Crippen LogP contribution in [0.2, 0.25) is 0 Å². The first-order chi connectivity index (χ1) is 8.22. The van der Waals surface area contributed by atoms with E-state index in [2.05, 4.69) is 5.32 Å². The van der Waals surface area contributed by atoms with Crippen molar-refractivity contribution in [2.75, 3.05) is 19.0 Å². The van der Waals surface area contributed by atoms with Crippen molar-refractivity contribution in [1.82, 2.24) is 0 Å². The number of benzene rings is 1. The van der Waals surface area contributed by atoms with Gasteiger partial charge in [-0.1, -0.05) is 0 Å². The lowest BCUT2D eigenvalue weighted by atomic mass is 10.2. The number of nitrogens with one attached hydrogen (secondary N) is 1. The molecule has 94 valence electrons. The Morgan fingerprint density at radius 1 is 1.41 bits per heavy atom. The molecule has 3 atom stereocenters. The number of methoxy groups -OCH3 is 1. The highest BCUT2D eigenvalue weighted by molar-refractivity contribution is 5.46. The Kier molecular flexibility index (Phi) is 3.83. The number of hydrogen-bond donors (Lipinski definition) is 3. The molecule has 0 amide bonds. The number of aliphatic hydroxyl groups is 2. The van der Waals surface area contributed by atoms with Gasteiger partial charge in [-0.2, -0.15) is 0 Å². The van der Waals surface area contributed by atoms with E-state index in [4.69, 9.17) is 14.6 Å². The molecule has 17 heavy (non-hydrogen) atoms. The van der Waals surface area contributed by atoms with Crippen LogP contribution < -0.4 is 10.1 Å². The van der Waals surface area contributed by atoms with Crippen molar-refractivity contribution in [1.29, 1.82) is 0 Å². The van der Waals surface area contributed by atoms with Crippen LogP contribution in [0.25, 0.3) is 0 Å². The quantitative estimate of drug-likeness (QED) is 0.716. The Labute approximate surface area is 100.0 Å². The van der Waals surface area contributed by atoms with Crippen molar-refractivity contribution in [2.24, 2.45) is 0 Å². The van der Waals surface area contributed by atoms with E-state index >= 15 is 0 Å². The maximum Gasteiger partial charge on any atom is 0.130 e. The van der Waals surface area contributed by atoms with Gasteiger partial charge in [-0.25, -0.2) is 0 Å². The van der Waals surface area contributed by atoms with Gasteiger partial charge in [0.25, 0.3) is 0 Å². The summed E-state index contributed by atoms with van der Waals surface area (Å²) in [4.78, 5) is 0. The molecule has 2 rings (SSSR count). The highest BCUT2D eigenvalue weighted by Crippen LogP contribution is 2.23. The van der Waals surface area contributed by atoms with Crippen LogP contribution in [0.1, 0.15) is 6.42 Å². The van der Waals surface area contributed by atoms with Crippen molar-refractivity contribution in [3.63, 3.8) is 0 Å². The van der Waals surface area contributed by atoms with Gasteiger partial charge in [-0.3, -0.25) is 0 Å². The number of anilines is 1. The summed E-state index contributed by atoms with van der Waals surface area (Å²) in [5, 5.41) is 21.7. The standard InChI is InChI=1S/C12H17NO4/c1-16-9-4-2-8(3-5-9)13-12-6-10(15)11(7-14)17-12/h2-5,10-15H,6-7H2,1H3/t10-,11-,12+/m1/s1. The van der Waals surface area contributed by atoms with Crippen LogP contribution in [-0.2, 0) is 4.74 Å². The van der Waals surface area contributed by atoms with Crippen molar-refractivity contribution < 1.29 is 19.7 Å². The topological polar surface area (TPSA) is 71.0 Å². The summed E-state index contributed by atoms with van der Waals surface area (Å²) >= 11 is 0. The Morgan fingerprint density at radius 3 is 2.65 bits per heavy atom. The molecule has 0 aliphatic carbocycles. The van der Waals surface area contributed by atoms with Gasteiger partial charge in [-0.05, 0) is 24.3 Å². The molecule has 3 N–H and O–H groups in total. The Morgan fingerprint density at radius 2 is 2.12 bits per heavy atom. The minimum absolute atomic E-state index is 0.165. The minimum Gasteiger partial charge on any atom is -0.497 e. The molecule has 0 bridgehead atoms. The fourth-order valence-corrected chi connectivity index (χ4v) is 1.86. The van der Waals surface area contributed by atoms with E-state index in [1.165, 1.54) is 0 Å². The van der Waals surface area contributed by atoms with Gasteiger partial charge in [0.2, 0.25) is 0 Å². The fourth-order valence-electron chi connectivity index (χ4n) is 1.86. The smallest absolute Gasteiger partial charge is 0.130 e. The van der Waals surface area contributed by atoms with E-state index < -0.39 is 12.2 Å². The average molecular weight is 239 g/mol. The molecule has 1 saturated heterocycles. The summed E-state index contributed by atoms with van der Waals surface area (Å²) in [6.07, 6.45) is -0.908. The van der Waals surface area contributed by atoms with Gasteiger partial charge in [0.15, 0.2) is 0 Å². The number of hydrogen-bond acceptors (Lipinski definition) is 5. The van der Waals surface area contributed by atoms with E-state index in [0.29, 0.717) is 6.42 Å². The van der Waals surface area contributed by atoms with Crippen molar-refractivity contribution in [2.45, 2.75) is 24.9 Å². The molecule has 0 radical (unpaired) electrons. The fraction of sp³-hybridized carbons (Fsp3) is 0.500. The molecule has 0 saturated carbocycles. The molecule has 5 heteroatoms. The lowest BCUT2D eigenvalue weighted by Gasteiger charge is -2.15. The zero-order chi connectivity index (χ0) is 12.3. The van der Waals surface area contributed by atoms with Crippen LogP contribution in [0.5, 0.6) is 5.75 Å². The largest absolute Gasteiger partial charge is 0.497 e. The summed E-state index contributed by atoms with van der Waals surface area (Å²) in [5.41, 5.74) is 0.890. The second-order valence-electron chi connectivity index (χ2n) is 4.02. The second-order valence-corrected chi connectivity index (χ2v) is 4.02. The van der Waals surface area contributed by atoms with Gasteiger partial charge in [-0.15, -0.1) is 0 Å². The van der Waals surface area contributed by atoms with Gasteiger partial charge < -0.3 is 25.0 Å². The van der Waals surface area contributed by atoms with E-state index in [9.17, 15) is 5.11 Å². The van der Waals surface area contributed by atoms with E-state index in [1.807, 2.05) is 24.3 Å². The third-order valence-corrected chi connectivity index (χ3v) is 2.82. The second kappa shape index (κ2) is 5.35. The molecule has 0 unspecified atom stereocenters. The summed E-state index contributed by atoms with van der Waals surface area (Å²) in [5.74, 6) is 0.788. The summed E-state index contributed by atoms with van der Waals surface area (Å²) < 4.78 is 10.5. The number of rotatable bonds is 4. The average Bonchev–Trinajstić information content (AvgIpc) is 2.70. The normalized spacial score (nSPS) is 28.1. The van der Waals surface area contributed by atoms with Crippen molar-refractivity contribution in [3.05, 3.63) is 24.3 Å². The molecule has 1 heterocycles. The van der Waals surface area contributed by atoms with Crippen LogP contribution in [-0.4, -0.2) is 42.4 Å². The van der Waals surface area contributed by atoms with Gasteiger partial charge in [0, 0.05) is 12.1 Å². The predicted octanol–water partition coefficient (Wildman–Crippen LogP) is 0.575. The SMILES string of the molecule is COc1ccc(N[C@@H]2C[C@@H](O)[C@@H](CO)O2)cc1. The van der Waals surface area contributed by atoms with Crippen LogP contribution >= 0.6 is 0 Å². The molecular weight excluding hydrogens is 222 g/mol. The number of aliphatic hydroxyl groups excluding tert-OH is 2. The van der Waals surface area contributed by atoms with Crippen molar-refractivity contribution in [3.8, 4) is 5.75 Å². The molecular formula is C12H17NO4. The van der Waals surface area contributed by atoms with Gasteiger partial charge in [0.05, 0.1) is 19.8 Å².